The third-order valence-corrected chi connectivity index (χ3v) is 5.52. The fourth-order valence-corrected chi connectivity index (χ4v) is 3.56. The van der Waals surface area contributed by atoms with E-state index < -0.39 is 23.8 Å². The fraction of sp³-hybridized carbons (Fsp3) is 0.654. The molecule has 0 heterocycles. The average Bonchev–Trinajstić information content (AvgIpc) is 2.73. The molecule has 7 heteroatoms. The third-order valence-electron chi connectivity index (χ3n) is 5.52. The van der Waals surface area contributed by atoms with Gasteiger partial charge < -0.3 is 20.3 Å². The number of nitrogens with one attached hydrogen (secondary N) is 2. The van der Waals surface area contributed by atoms with Crippen molar-refractivity contribution in [2.45, 2.75) is 92.3 Å². The molecule has 3 unspecified atom stereocenters. The van der Waals surface area contributed by atoms with Crippen molar-refractivity contribution in [1.29, 1.82) is 0 Å². The molecule has 0 saturated heterocycles. The highest BCUT2D eigenvalue weighted by Crippen LogP contribution is 2.25. The third kappa shape index (κ3) is 9.06. The Kier molecular flexibility index (Phi) is 11.4. The lowest BCUT2D eigenvalue weighted by Crippen LogP contribution is -2.55. The zero-order valence-corrected chi connectivity index (χ0v) is 21.7. The standard InChI is InChI=1S/C26H43N3O4/c1-9-12-16-27-23(30)22(20-15-13-14-18(4)17-20)29(11-3)24(31)21(19(5)10-2)28-25(32)33-26(6,7)8/h13-15,17,19,21-22H,9-12,16H2,1-8H3,(H,27,30)(H,28,32). The van der Waals surface area contributed by atoms with Gasteiger partial charge in [0, 0.05) is 13.1 Å². The second kappa shape index (κ2) is 13.2. The molecule has 186 valence electrons. The molecule has 0 aliphatic carbocycles. The number of carbonyl (C=O) groups excluding carboxylic acids is 3. The predicted octanol–water partition coefficient (Wildman–Crippen LogP) is 4.74. The Morgan fingerprint density at radius 3 is 2.30 bits per heavy atom. The van der Waals surface area contributed by atoms with Gasteiger partial charge in [0.25, 0.3) is 0 Å². The van der Waals surface area contributed by atoms with Crippen LogP contribution in [0.2, 0.25) is 0 Å². The summed E-state index contributed by atoms with van der Waals surface area (Å²) in [6, 6.07) is 6.05. The molecule has 1 rings (SSSR count). The highest BCUT2D eigenvalue weighted by Gasteiger charge is 2.37. The first-order valence-corrected chi connectivity index (χ1v) is 12.1. The summed E-state index contributed by atoms with van der Waals surface area (Å²) in [7, 11) is 0. The lowest BCUT2D eigenvalue weighted by Gasteiger charge is -2.35. The van der Waals surface area contributed by atoms with Crippen LogP contribution in [-0.4, -0.2) is 47.5 Å². The number of hydrogen-bond acceptors (Lipinski definition) is 4. The fourth-order valence-electron chi connectivity index (χ4n) is 3.56. The molecule has 33 heavy (non-hydrogen) atoms. The van der Waals surface area contributed by atoms with Crippen LogP contribution in [0.3, 0.4) is 0 Å². The van der Waals surface area contributed by atoms with E-state index in [1.165, 1.54) is 0 Å². The molecule has 0 spiro atoms. The Bertz CT molecular complexity index is 788. The van der Waals surface area contributed by atoms with Crippen LogP contribution >= 0.6 is 0 Å². The molecule has 0 aliphatic heterocycles. The van der Waals surface area contributed by atoms with Crippen LogP contribution < -0.4 is 10.6 Å². The lowest BCUT2D eigenvalue weighted by atomic mass is 9.95. The summed E-state index contributed by atoms with van der Waals surface area (Å²) in [5.41, 5.74) is 1.08. The number of likely N-dealkylation sites (N-methyl/N-ethyl adjacent to an activating group) is 1. The number of nitrogens with zero attached hydrogens (tertiary/aromatic N) is 1. The SMILES string of the molecule is CCCCNC(=O)C(c1cccc(C)c1)N(CC)C(=O)C(NC(=O)OC(C)(C)C)C(C)CC. The van der Waals surface area contributed by atoms with Gasteiger partial charge in [-0.15, -0.1) is 0 Å². The number of ether oxygens (including phenoxy) is 1. The van der Waals surface area contributed by atoms with E-state index in [9.17, 15) is 14.4 Å². The minimum Gasteiger partial charge on any atom is -0.444 e. The van der Waals surface area contributed by atoms with E-state index in [4.69, 9.17) is 4.74 Å². The molecule has 3 atom stereocenters. The quantitative estimate of drug-likeness (QED) is 0.466. The summed E-state index contributed by atoms with van der Waals surface area (Å²) in [4.78, 5) is 41.1. The molecule has 0 radical (unpaired) electrons. The highest BCUT2D eigenvalue weighted by molar-refractivity contribution is 5.92. The van der Waals surface area contributed by atoms with Crippen molar-refractivity contribution in [2.75, 3.05) is 13.1 Å². The molecule has 0 aliphatic rings. The Morgan fingerprint density at radius 2 is 1.79 bits per heavy atom. The first kappa shape index (κ1) is 28.5. The Labute approximate surface area is 199 Å². The minimum absolute atomic E-state index is 0.139. The van der Waals surface area contributed by atoms with E-state index in [-0.39, 0.29) is 17.7 Å². The van der Waals surface area contributed by atoms with Crippen molar-refractivity contribution in [1.82, 2.24) is 15.5 Å². The van der Waals surface area contributed by atoms with Crippen LogP contribution in [0.1, 0.15) is 84.9 Å². The van der Waals surface area contributed by atoms with E-state index >= 15 is 0 Å². The van der Waals surface area contributed by atoms with Crippen LogP contribution in [0.25, 0.3) is 0 Å². The molecule has 0 saturated carbocycles. The van der Waals surface area contributed by atoms with E-state index in [0.717, 1.165) is 24.0 Å². The molecule has 0 fully saturated rings. The molecule has 0 aromatic heterocycles. The maximum atomic E-state index is 13.8. The second-order valence-electron chi connectivity index (χ2n) is 9.59. The molecule has 1 aromatic rings. The zero-order chi connectivity index (χ0) is 25.2. The van der Waals surface area contributed by atoms with Crippen LogP contribution in [-0.2, 0) is 14.3 Å². The number of amides is 3. The maximum absolute atomic E-state index is 13.8. The van der Waals surface area contributed by atoms with Crippen LogP contribution in [0, 0.1) is 12.8 Å². The van der Waals surface area contributed by atoms with E-state index in [0.29, 0.717) is 19.5 Å². The molecule has 0 bridgehead atoms. The predicted molar refractivity (Wildman–Crippen MR) is 132 cm³/mol. The first-order valence-electron chi connectivity index (χ1n) is 12.1. The number of benzene rings is 1. The van der Waals surface area contributed by atoms with Gasteiger partial charge in [0.05, 0.1) is 0 Å². The molecule has 7 nitrogen and oxygen atoms in total. The van der Waals surface area contributed by atoms with Gasteiger partial charge in [-0.25, -0.2) is 4.79 Å². The van der Waals surface area contributed by atoms with Gasteiger partial charge in [-0.3, -0.25) is 9.59 Å². The van der Waals surface area contributed by atoms with Gasteiger partial charge in [0.1, 0.15) is 17.7 Å². The van der Waals surface area contributed by atoms with Gasteiger partial charge in [0.2, 0.25) is 11.8 Å². The number of rotatable bonds is 11. The topological polar surface area (TPSA) is 87.7 Å². The van der Waals surface area contributed by atoms with E-state index in [1.54, 1.807) is 25.7 Å². The molecule has 3 amide bonds. The summed E-state index contributed by atoms with van der Waals surface area (Å²) in [6.45, 7) is 15.9. The van der Waals surface area contributed by atoms with Crippen LogP contribution in [0.4, 0.5) is 4.79 Å². The molecule has 1 aromatic carbocycles. The summed E-state index contributed by atoms with van der Waals surface area (Å²) >= 11 is 0. The summed E-state index contributed by atoms with van der Waals surface area (Å²) in [5.74, 6) is -0.653. The Hall–Kier alpha value is -2.57. The van der Waals surface area contributed by atoms with Gasteiger partial charge in [-0.2, -0.15) is 0 Å². The van der Waals surface area contributed by atoms with Gasteiger partial charge in [0.15, 0.2) is 0 Å². The van der Waals surface area contributed by atoms with Crippen LogP contribution in [0.5, 0.6) is 0 Å². The summed E-state index contributed by atoms with van der Waals surface area (Å²) in [6.07, 6.45) is 1.86. The lowest BCUT2D eigenvalue weighted by molar-refractivity contribution is -0.143. The summed E-state index contributed by atoms with van der Waals surface area (Å²) in [5, 5.41) is 5.74. The van der Waals surface area contributed by atoms with Crippen molar-refractivity contribution in [3.8, 4) is 0 Å². The number of unbranched alkanes of at least 4 members (excludes halogenated alkanes) is 1. The van der Waals surface area contributed by atoms with E-state index in [2.05, 4.69) is 17.6 Å². The normalized spacial score (nSPS) is 14.1. The number of alkyl carbamates (subject to hydrolysis) is 1. The zero-order valence-electron chi connectivity index (χ0n) is 21.7. The van der Waals surface area contributed by atoms with Crippen molar-refractivity contribution in [3.63, 3.8) is 0 Å². The average molecular weight is 462 g/mol. The van der Waals surface area contributed by atoms with Gasteiger partial charge in [-0.1, -0.05) is 63.4 Å². The highest BCUT2D eigenvalue weighted by atomic mass is 16.6. The first-order chi connectivity index (χ1) is 15.4. The van der Waals surface area contributed by atoms with Gasteiger partial charge in [-0.05, 0) is 52.5 Å². The maximum Gasteiger partial charge on any atom is 0.408 e. The molecular weight excluding hydrogens is 418 g/mol. The number of aryl methyl sites for hydroxylation is 1. The number of hydrogen-bond donors (Lipinski definition) is 2. The number of carbonyl (C=O) groups is 3. The van der Waals surface area contributed by atoms with Crippen molar-refractivity contribution < 1.29 is 19.1 Å². The van der Waals surface area contributed by atoms with Crippen molar-refractivity contribution in [2.24, 2.45) is 5.92 Å². The smallest absolute Gasteiger partial charge is 0.408 e. The van der Waals surface area contributed by atoms with Crippen molar-refractivity contribution in [3.05, 3.63) is 35.4 Å². The molecular formula is C26H43N3O4. The second-order valence-corrected chi connectivity index (χ2v) is 9.59. The minimum atomic E-state index is -0.805. The Morgan fingerprint density at radius 1 is 1.12 bits per heavy atom. The monoisotopic (exact) mass is 461 g/mol. The van der Waals surface area contributed by atoms with Crippen molar-refractivity contribution >= 4 is 17.9 Å². The largest absolute Gasteiger partial charge is 0.444 e. The van der Waals surface area contributed by atoms with E-state index in [1.807, 2.05) is 52.0 Å². The van der Waals surface area contributed by atoms with Gasteiger partial charge >= 0.3 is 6.09 Å². The van der Waals surface area contributed by atoms with Crippen LogP contribution in [0.15, 0.2) is 24.3 Å². The molecule has 2 N–H and O–H groups in total. The Balaban J connectivity index is 3.32. The summed E-state index contributed by atoms with van der Waals surface area (Å²) < 4.78 is 5.40.